The van der Waals surface area contributed by atoms with Crippen LogP contribution in [0.1, 0.15) is 43.1 Å². The topological polar surface area (TPSA) is 34.9 Å². The molecule has 0 saturated carbocycles. The third-order valence-corrected chi connectivity index (χ3v) is 4.20. The number of aldehydes is 1. The van der Waals surface area contributed by atoms with E-state index in [1.165, 1.54) is 0 Å². The Balaban J connectivity index is 2.53. The van der Waals surface area contributed by atoms with E-state index in [2.05, 4.69) is 34.9 Å². The van der Waals surface area contributed by atoms with Gasteiger partial charge in [-0.2, -0.15) is 5.10 Å². The van der Waals surface area contributed by atoms with Gasteiger partial charge in [-0.1, -0.05) is 47.4 Å². The van der Waals surface area contributed by atoms with Crippen molar-refractivity contribution in [1.29, 1.82) is 0 Å². The molecule has 0 saturated heterocycles. The second-order valence-corrected chi connectivity index (χ2v) is 5.95. The van der Waals surface area contributed by atoms with Crippen LogP contribution in [0.4, 0.5) is 0 Å². The largest absolute Gasteiger partial charge is 0.298 e. The van der Waals surface area contributed by atoms with Crippen LogP contribution in [0.2, 0.25) is 5.02 Å². The molecule has 0 atom stereocenters. The SMILES string of the molecule is CCC(CC)n1cc(C=O)c(-c2ccc(Br)cc2Cl)n1. The number of carbonyl (C=O) groups excluding carboxylic acids is 1. The van der Waals surface area contributed by atoms with Crippen molar-refractivity contribution in [1.82, 2.24) is 9.78 Å². The Morgan fingerprint density at radius 3 is 2.65 bits per heavy atom. The fourth-order valence-electron chi connectivity index (χ4n) is 2.23. The highest BCUT2D eigenvalue weighted by atomic mass is 79.9. The molecule has 20 heavy (non-hydrogen) atoms. The summed E-state index contributed by atoms with van der Waals surface area (Å²) >= 11 is 9.63. The van der Waals surface area contributed by atoms with E-state index in [1.807, 2.05) is 22.9 Å². The van der Waals surface area contributed by atoms with Crippen molar-refractivity contribution in [3.63, 3.8) is 0 Å². The van der Waals surface area contributed by atoms with Crippen LogP contribution in [0.5, 0.6) is 0 Å². The molecule has 0 radical (unpaired) electrons. The van der Waals surface area contributed by atoms with Gasteiger partial charge in [-0.15, -0.1) is 0 Å². The molecule has 0 fully saturated rings. The molecule has 0 N–H and O–H groups in total. The van der Waals surface area contributed by atoms with Crippen molar-refractivity contribution in [3.05, 3.63) is 39.5 Å². The fourth-order valence-corrected chi connectivity index (χ4v) is 3.00. The van der Waals surface area contributed by atoms with Crippen LogP contribution in [0, 0.1) is 0 Å². The molecule has 1 heterocycles. The second-order valence-electron chi connectivity index (χ2n) is 4.63. The van der Waals surface area contributed by atoms with E-state index in [0.717, 1.165) is 29.2 Å². The maximum atomic E-state index is 11.3. The molecule has 0 aliphatic carbocycles. The van der Waals surface area contributed by atoms with Gasteiger partial charge >= 0.3 is 0 Å². The summed E-state index contributed by atoms with van der Waals surface area (Å²) in [6.45, 7) is 4.23. The van der Waals surface area contributed by atoms with Crippen molar-refractivity contribution in [2.24, 2.45) is 0 Å². The Hall–Kier alpha value is -1.13. The zero-order chi connectivity index (χ0) is 14.7. The molecular formula is C15H16BrClN2O. The van der Waals surface area contributed by atoms with E-state index >= 15 is 0 Å². The van der Waals surface area contributed by atoms with Crippen molar-refractivity contribution in [2.45, 2.75) is 32.7 Å². The van der Waals surface area contributed by atoms with Gasteiger partial charge in [0.1, 0.15) is 5.69 Å². The maximum absolute atomic E-state index is 11.3. The molecule has 0 unspecified atom stereocenters. The number of hydrogen-bond acceptors (Lipinski definition) is 2. The molecule has 5 heteroatoms. The number of hydrogen-bond donors (Lipinski definition) is 0. The van der Waals surface area contributed by atoms with Crippen LogP contribution in [-0.2, 0) is 0 Å². The predicted octanol–water partition coefficient (Wildman–Crippen LogP) is 5.14. The summed E-state index contributed by atoms with van der Waals surface area (Å²) in [5.74, 6) is 0. The molecule has 106 valence electrons. The first-order valence-corrected chi connectivity index (χ1v) is 7.77. The number of aromatic nitrogens is 2. The molecule has 0 aliphatic heterocycles. The predicted molar refractivity (Wildman–Crippen MR) is 85.4 cm³/mol. The average molecular weight is 356 g/mol. The molecular weight excluding hydrogens is 340 g/mol. The monoisotopic (exact) mass is 354 g/mol. The van der Waals surface area contributed by atoms with Gasteiger partial charge in [-0.05, 0) is 25.0 Å². The van der Waals surface area contributed by atoms with E-state index in [1.54, 1.807) is 6.20 Å². The highest BCUT2D eigenvalue weighted by Crippen LogP contribution is 2.32. The number of halogens is 2. The minimum absolute atomic E-state index is 0.302. The average Bonchev–Trinajstić information content (AvgIpc) is 2.84. The molecule has 2 rings (SSSR count). The van der Waals surface area contributed by atoms with Crippen LogP contribution in [0.3, 0.4) is 0 Å². The lowest BCUT2D eigenvalue weighted by molar-refractivity contribution is 0.112. The number of nitrogens with zero attached hydrogens (tertiary/aromatic N) is 2. The first-order chi connectivity index (χ1) is 9.60. The highest BCUT2D eigenvalue weighted by Gasteiger charge is 2.16. The summed E-state index contributed by atoms with van der Waals surface area (Å²) < 4.78 is 2.77. The standard InChI is InChI=1S/C15H16BrClN2O/c1-3-12(4-2)19-8-10(9-20)15(18-19)13-6-5-11(16)7-14(13)17/h5-9,12H,3-4H2,1-2H3. The third-order valence-electron chi connectivity index (χ3n) is 3.39. The number of benzene rings is 1. The molecule has 1 aromatic heterocycles. The Kier molecular flexibility index (Phi) is 5.00. The Morgan fingerprint density at radius 1 is 1.40 bits per heavy atom. The minimum atomic E-state index is 0.302. The lowest BCUT2D eigenvalue weighted by Gasteiger charge is -2.12. The molecule has 2 aromatic rings. The van der Waals surface area contributed by atoms with E-state index in [9.17, 15) is 4.79 Å². The van der Waals surface area contributed by atoms with Crippen molar-refractivity contribution < 1.29 is 4.79 Å². The zero-order valence-corrected chi connectivity index (χ0v) is 13.8. The Morgan fingerprint density at radius 2 is 2.10 bits per heavy atom. The van der Waals surface area contributed by atoms with E-state index in [-0.39, 0.29) is 0 Å². The Labute approximate surface area is 132 Å². The highest BCUT2D eigenvalue weighted by molar-refractivity contribution is 9.10. The van der Waals surface area contributed by atoms with E-state index in [4.69, 9.17) is 11.6 Å². The molecule has 0 aliphatic rings. The fraction of sp³-hybridized carbons (Fsp3) is 0.333. The van der Waals surface area contributed by atoms with Crippen LogP contribution < -0.4 is 0 Å². The van der Waals surface area contributed by atoms with Gasteiger partial charge in [-0.25, -0.2) is 0 Å². The molecule has 1 aromatic carbocycles. The van der Waals surface area contributed by atoms with E-state index < -0.39 is 0 Å². The number of rotatable bonds is 5. The van der Waals surface area contributed by atoms with Gasteiger partial charge < -0.3 is 0 Å². The van der Waals surface area contributed by atoms with Crippen LogP contribution in [-0.4, -0.2) is 16.1 Å². The summed E-state index contributed by atoms with van der Waals surface area (Å²) in [4.78, 5) is 11.3. The number of carbonyl (C=O) groups is 1. The van der Waals surface area contributed by atoms with Crippen molar-refractivity contribution in [2.75, 3.05) is 0 Å². The van der Waals surface area contributed by atoms with Gasteiger partial charge in [0.25, 0.3) is 0 Å². The van der Waals surface area contributed by atoms with Gasteiger partial charge in [0.15, 0.2) is 6.29 Å². The summed E-state index contributed by atoms with van der Waals surface area (Å²) in [6, 6.07) is 5.88. The van der Waals surface area contributed by atoms with Crippen LogP contribution in [0.15, 0.2) is 28.9 Å². The lowest BCUT2D eigenvalue weighted by Crippen LogP contribution is -2.07. The first kappa shape index (κ1) is 15.3. The molecule has 3 nitrogen and oxygen atoms in total. The Bertz CT molecular complexity index is 620. The lowest BCUT2D eigenvalue weighted by atomic mass is 10.1. The van der Waals surface area contributed by atoms with Crippen molar-refractivity contribution in [3.8, 4) is 11.3 Å². The summed E-state index contributed by atoms with van der Waals surface area (Å²) in [7, 11) is 0. The van der Waals surface area contributed by atoms with E-state index in [0.29, 0.717) is 22.3 Å². The summed E-state index contributed by atoms with van der Waals surface area (Å²) in [5.41, 5.74) is 1.99. The molecule has 0 spiro atoms. The normalized spacial score (nSPS) is 11.1. The summed E-state index contributed by atoms with van der Waals surface area (Å²) in [5, 5.41) is 5.15. The minimum Gasteiger partial charge on any atom is -0.298 e. The maximum Gasteiger partial charge on any atom is 0.153 e. The van der Waals surface area contributed by atoms with Gasteiger partial charge in [0.2, 0.25) is 0 Å². The smallest absolute Gasteiger partial charge is 0.153 e. The van der Waals surface area contributed by atoms with Gasteiger partial charge in [-0.3, -0.25) is 9.48 Å². The van der Waals surface area contributed by atoms with Crippen molar-refractivity contribution >= 4 is 33.8 Å². The molecule has 0 amide bonds. The summed E-state index contributed by atoms with van der Waals surface area (Å²) in [6.07, 6.45) is 4.59. The molecule has 0 bridgehead atoms. The van der Waals surface area contributed by atoms with Gasteiger partial charge in [0, 0.05) is 16.2 Å². The third kappa shape index (κ3) is 2.96. The zero-order valence-electron chi connectivity index (χ0n) is 11.4. The van der Waals surface area contributed by atoms with Crippen LogP contribution in [0.25, 0.3) is 11.3 Å². The van der Waals surface area contributed by atoms with Crippen LogP contribution >= 0.6 is 27.5 Å². The first-order valence-electron chi connectivity index (χ1n) is 6.60. The second kappa shape index (κ2) is 6.55. The van der Waals surface area contributed by atoms with Gasteiger partial charge in [0.05, 0.1) is 16.6 Å². The quantitative estimate of drug-likeness (QED) is 0.696.